The summed E-state index contributed by atoms with van der Waals surface area (Å²) in [6.07, 6.45) is 7.65. The second-order valence-electron chi connectivity index (χ2n) is 5.86. The molecule has 0 aliphatic heterocycles. The van der Waals surface area contributed by atoms with E-state index in [0.29, 0.717) is 5.78 Å². The molecule has 19 heavy (non-hydrogen) atoms. The quantitative estimate of drug-likeness (QED) is 0.682. The van der Waals surface area contributed by atoms with E-state index in [1.54, 1.807) is 0 Å². The molecule has 0 unspecified atom stereocenters. The molecule has 0 bridgehead atoms. The zero-order chi connectivity index (χ0) is 13.9. The van der Waals surface area contributed by atoms with Gasteiger partial charge in [0.2, 0.25) is 0 Å². The van der Waals surface area contributed by atoms with Crippen LogP contribution < -0.4 is 0 Å². The molecule has 0 spiro atoms. The van der Waals surface area contributed by atoms with Gasteiger partial charge < -0.3 is 0 Å². The molecule has 1 aromatic rings. The molecule has 0 atom stereocenters. The summed E-state index contributed by atoms with van der Waals surface area (Å²) < 4.78 is 0. The third-order valence-corrected chi connectivity index (χ3v) is 4.95. The van der Waals surface area contributed by atoms with Crippen molar-refractivity contribution in [2.24, 2.45) is 5.41 Å². The van der Waals surface area contributed by atoms with Crippen LogP contribution in [0, 0.1) is 5.41 Å². The van der Waals surface area contributed by atoms with E-state index in [9.17, 15) is 4.79 Å². The Kier molecular flexibility index (Phi) is 4.44. The summed E-state index contributed by atoms with van der Waals surface area (Å²) in [5.41, 5.74) is 3.62. The average molecular weight is 258 g/mol. The second-order valence-corrected chi connectivity index (χ2v) is 5.86. The van der Waals surface area contributed by atoms with Gasteiger partial charge in [-0.2, -0.15) is 0 Å². The van der Waals surface area contributed by atoms with Gasteiger partial charge in [-0.15, -0.1) is 0 Å². The van der Waals surface area contributed by atoms with E-state index in [-0.39, 0.29) is 5.41 Å². The van der Waals surface area contributed by atoms with Crippen LogP contribution in [0.5, 0.6) is 0 Å². The summed E-state index contributed by atoms with van der Waals surface area (Å²) in [5, 5.41) is 0. The van der Waals surface area contributed by atoms with Crippen LogP contribution in [0.4, 0.5) is 0 Å². The minimum absolute atomic E-state index is 0.0568. The van der Waals surface area contributed by atoms with E-state index in [4.69, 9.17) is 0 Å². The van der Waals surface area contributed by atoms with Crippen LogP contribution in [0.3, 0.4) is 0 Å². The van der Waals surface area contributed by atoms with Crippen LogP contribution >= 0.6 is 0 Å². The zero-order valence-corrected chi connectivity index (χ0v) is 12.6. The molecule has 1 nitrogen and oxygen atoms in total. The number of carbonyl (C=O) groups is 1. The average Bonchev–Trinajstić information content (AvgIpc) is 2.95. The van der Waals surface area contributed by atoms with Crippen molar-refractivity contribution in [3.8, 4) is 0 Å². The molecule has 104 valence electrons. The maximum Gasteiger partial charge on any atom is 0.168 e. The monoisotopic (exact) mass is 258 g/mol. The number of ketones is 1. The minimum atomic E-state index is -0.0568. The van der Waals surface area contributed by atoms with E-state index in [1.165, 1.54) is 24.0 Å². The second kappa shape index (κ2) is 5.90. The Labute approximate surface area is 117 Å². The molecule has 1 aliphatic rings. The van der Waals surface area contributed by atoms with E-state index in [1.807, 2.05) is 0 Å². The first kappa shape index (κ1) is 14.3. The van der Waals surface area contributed by atoms with Crippen LogP contribution in [-0.2, 0) is 12.8 Å². The van der Waals surface area contributed by atoms with Crippen LogP contribution in [0.25, 0.3) is 0 Å². The van der Waals surface area contributed by atoms with Crippen molar-refractivity contribution in [3.63, 3.8) is 0 Å². The van der Waals surface area contributed by atoms with Gasteiger partial charge in [0.25, 0.3) is 0 Å². The Morgan fingerprint density at radius 3 is 2.21 bits per heavy atom. The van der Waals surface area contributed by atoms with Crippen LogP contribution in [0.1, 0.15) is 74.4 Å². The molecule has 0 aromatic heterocycles. The van der Waals surface area contributed by atoms with Gasteiger partial charge in [-0.05, 0) is 49.3 Å². The number of rotatable bonds is 5. The third-order valence-electron chi connectivity index (χ3n) is 4.95. The molecule has 0 saturated heterocycles. The summed E-state index contributed by atoms with van der Waals surface area (Å²) in [7, 11) is 0. The molecule has 2 rings (SSSR count). The Morgan fingerprint density at radius 2 is 1.68 bits per heavy atom. The normalized spacial score (nSPS) is 17.6. The van der Waals surface area contributed by atoms with Crippen molar-refractivity contribution in [2.45, 2.75) is 65.7 Å². The lowest BCUT2D eigenvalue weighted by atomic mass is 9.76. The molecular formula is C18H26O. The van der Waals surface area contributed by atoms with Crippen molar-refractivity contribution in [1.29, 1.82) is 0 Å². The Morgan fingerprint density at radius 1 is 1.05 bits per heavy atom. The van der Waals surface area contributed by atoms with Crippen molar-refractivity contribution in [2.75, 3.05) is 0 Å². The lowest BCUT2D eigenvalue weighted by molar-refractivity contribution is 0.0791. The topological polar surface area (TPSA) is 17.1 Å². The SMILES string of the molecule is CCc1ccc(C(=O)C2(CC)CCCC2)cc1CC. The van der Waals surface area contributed by atoms with Gasteiger partial charge in [0.1, 0.15) is 0 Å². The zero-order valence-electron chi connectivity index (χ0n) is 12.6. The van der Waals surface area contributed by atoms with Gasteiger partial charge in [-0.3, -0.25) is 4.79 Å². The number of aryl methyl sites for hydroxylation is 2. The highest BCUT2D eigenvalue weighted by Gasteiger charge is 2.39. The molecule has 1 aromatic carbocycles. The van der Waals surface area contributed by atoms with Crippen LogP contribution in [0.2, 0.25) is 0 Å². The number of benzene rings is 1. The first-order valence-electron chi connectivity index (χ1n) is 7.83. The number of Topliss-reactive ketones (excluding diaryl/α,β-unsaturated/α-hetero) is 1. The van der Waals surface area contributed by atoms with Gasteiger partial charge in [0.05, 0.1) is 0 Å². The fourth-order valence-electron chi connectivity index (χ4n) is 3.54. The maximum absolute atomic E-state index is 12.9. The largest absolute Gasteiger partial charge is 0.294 e. The number of hydrogen-bond acceptors (Lipinski definition) is 1. The molecule has 0 amide bonds. The Balaban J connectivity index is 2.33. The molecule has 1 saturated carbocycles. The molecule has 0 N–H and O–H groups in total. The lowest BCUT2D eigenvalue weighted by Gasteiger charge is -2.26. The first-order valence-corrected chi connectivity index (χ1v) is 7.83. The Bertz CT molecular complexity index is 453. The standard InChI is InChI=1S/C18H26O/c1-4-14-9-10-16(13-15(14)5-2)17(19)18(6-3)11-7-8-12-18/h9-10,13H,4-8,11-12H2,1-3H3. The van der Waals surface area contributed by atoms with E-state index in [0.717, 1.165) is 37.7 Å². The summed E-state index contributed by atoms with van der Waals surface area (Å²) >= 11 is 0. The third kappa shape index (κ3) is 2.61. The highest BCUT2D eigenvalue weighted by Crippen LogP contribution is 2.43. The van der Waals surface area contributed by atoms with Gasteiger partial charge in [0.15, 0.2) is 5.78 Å². The number of carbonyl (C=O) groups excluding carboxylic acids is 1. The summed E-state index contributed by atoms with van der Waals surface area (Å²) in [6, 6.07) is 6.36. The first-order chi connectivity index (χ1) is 9.16. The van der Waals surface area contributed by atoms with Crippen molar-refractivity contribution < 1.29 is 4.79 Å². The molecule has 0 heterocycles. The predicted molar refractivity (Wildman–Crippen MR) is 80.7 cm³/mol. The van der Waals surface area contributed by atoms with Gasteiger partial charge in [0, 0.05) is 11.0 Å². The van der Waals surface area contributed by atoms with E-state index >= 15 is 0 Å². The predicted octanol–water partition coefficient (Wildman–Crippen LogP) is 4.96. The highest BCUT2D eigenvalue weighted by atomic mass is 16.1. The molecule has 0 radical (unpaired) electrons. The summed E-state index contributed by atoms with van der Waals surface area (Å²) in [4.78, 5) is 12.9. The minimum Gasteiger partial charge on any atom is -0.294 e. The fourth-order valence-corrected chi connectivity index (χ4v) is 3.54. The van der Waals surface area contributed by atoms with Gasteiger partial charge in [-0.25, -0.2) is 0 Å². The maximum atomic E-state index is 12.9. The Hall–Kier alpha value is -1.11. The molecule has 1 fully saturated rings. The lowest BCUT2D eigenvalue weighted by Crippen LogP contribution is -2.27. The van der Waals surface area contributed by atoms with E-state index < -0.39 is 0 Å². The van der Waals surface area contributed by atoms with Crippen LogP contribution in [0.15, 0.2) is 18.2 Å². The highest BCUT2D eigenvalue weighted by molar-refractivity contribution is 6.00. The molecular weight excluding hydrogens is 232 g/mol. The number of hydrogen-bond donors (Lipinski definition) is 0. The van der Waals surface area contributed by atoms with Gasteiger partial charge >= 0.3 is 0 Å². The molecule has 1 heteroatoms. The van der Waals surface area contributed by atoms with Crippen molar-refractivity contribution in [1.82, 2.24) is 0 Å². The van der Waals surface area contributed by atoms with E-state index in [2.05, 4.69) is 39.0 Å². The summed E-state index contributed by atoms with van der Waals surface area (Å²) in [5.74, 6) is 0.393. The summed E-state index contributed by atoms with van der Waals surface area (Å²) in [6.45, 7) is 6.53. The fraction of sp³-hybridized carbons (Fsp3) is 0.611. The van der Waals surface area contributed by atoms with Crippen LogP contribution in [-0.4, -0.2) is 5.78 Å². The van der Waals surface area contributed by atoms with Crippen molar-refractivity contribution >= 4 is 5.78 Å². The van der Waals surface area contributed by atoms with Crippen molar-refractivity contribution in [3.05, 3.63) is 34.9 Å². The molecule has 1 aliphatic carbocycles. The van der Waals surface area contributed by atoms with Gasteiger partial charge in [-0.1, -0.05) is 45.7 Å². The smallest absolute Gasteiger partial charge is 0.168 e.